The Labute approximate surface area is 175 Å². The summed E-state index contributed by atoms with van der Waals surface area (Å²) in [6.45, 7) is 0.150. The minimum Gasteiger partial charge on any atom is -0.495 e. The van der Waals surface area contributed by atoms with Crippen LogP contribution in [0.2, 0.25) is 0 Å². The van der Waals surface area contributed by atoms with Crippen LogP contribution in [-0.4, -0.2) is 23.2 Å². The first-order valence-electron chi connectivity index (χ1n) is 8.29. The third-order valence-corrected chi connectivity index (χ3v) is 5.36. The number of carboxylic acid groups (broad SMARTS) is 1. The molecule has 0 unspecified atom stereocenters. The van der Waals surface area contributed by atoms with Gasteiger partial charge in [-0.2, -0.15) is 4.91 Å². The highest BCUT2D eigenvalue weighted by Gasteiger charge is 2.10. The molecule has 0 spiro atoms. The molecule has 0 bridgehead atoms. The number of carbonyl (C=O) groups is 1. The van der Waals surface area contributed by atoms with Crippen molar-refractivity contribution in [3.63, 3.8) is 0 Å². The van der Waals surface area contributed by atoms with Gasteiger partial charge in [0.1, 0.15) is 17.3 Å². The quantitative estimate of drug-likeness (QED) is 0.323. The minimum atomic E-state index is -1.01. The first-order chi connectivity index (χ1) is 14.1. The van der Waals surface area contributed by atoms with Crippen LogP contribution < -0.4 is 9.46 Å². The second-order valence-corrected chi connectivity index (χ2v) is 7.33. The summed E-state index contributed by atoms with van der Waals surface area (Å²) in [5.74, 6) is 5.47. The molecule has 1 heterocycles. The molecule has 0 atom stereocenters. The Morgan fingerprint density at radius 1 is 1.28 bits per heavy atom. The summed E-state index contributed by atoms with van der Waals surface area (Å²) in [5.41, 5.74) is 2.47. The van der Waals surface area contributed by atoms with E-state index < -0.39 is 5.97 Å². The molecule has 29 heavy (non-hydrogen) atoms. The maximum Gasteiger partial charge on any atom is 0.335 e. The lowest BCUT2D eigenvalue weighted by Crippen LogP contribution is -1.99. The molecular formula is C20H15N3O4S2. The molecule has 0 aliphatic carbocycles. The molecule has 0 amide bonds. The van der Waals surface area contributed by atoms with Crippen LogP contribution in [0.1, 0.15) is 26.5 Å². The second-order valence-electron chi connectivity index (χ2n) is 5.65. The van der Waals surface area contributed by atoms with E-state index in [9.17, 15) is 9.70 Å². The van der Waals surface area contributed by atoms with E-state index in [-0.39, 0.29) is 12.1 Å². The number of ether oxygens (including phenoxy) is 1. The molecule has 3 rings (SSSR count). The number of anilines is 1. The van der Waals surface area contributed by atoms with E-state index >= 15 is 0 Å². The fraction of sp³-hybridized carbons (Fsp3) is 0.100. The highest BCUT2D eigenvalue weighted by atomic mass is 32.2. The zero-order chi connectivity index (χ0) is 20.6. The van der Waals surface area contributed by atoms with E-state index in [0.717, 1.165) is 16.2 Å². The average molecular weight is 425 g/mol. The molecule has 9 heteroatoms. The van der Waals surface area contributed by atoms with Gasteiger partial charge in [-0.25, -0.2) is 9.78 Å². The molecule has 0 radical (unpaired) electrons. The van der Waals surface area contributed by atoms with Crippen molar-refractivity contribution in [3.8, 4) is 17.6 Å². The van der Waals surface area contributed by atoms with Gasteiger partial charge in [0.25, 0.3) is 0 Å². The Morgan fingerprint density at radius 2 is 2.07 bits per heavy atom. The molecule has 2 N–H and O–H groups in total. The van der Waals surface area contributed by atoms with Crippen molar-refractivity contribution in [2.45, 2.75) is 11.6 Å². The Bertz CT molecular complexity index is 1090. The summed E-state index contributed by atoms with van der Waals surface area (Å²) in [6, 6.07) is 11.9. The van der Waals surface area contributed by atoms with Crippen molar-refractivity contribution < 1.29 is 14.6 Å². The molecular weight excluding hydrogens is 410 g/mol. The summed E-state index contributed by atoms with van der Waals surface area (Å²) in [7, 11) is 1.48. The van der Waals surface area contributed by atoms with Crippen molar-refractivity contribution in [1.82, 2.24) is 4.98 Å². The number of methoxy groups -OCH3 is 1. The second kappa shape index (κ2) is 9.73. The summed E-state index contributed by atoms with van der Waals surface area (Å²) >= 11 is 2.70. The van der Waals surface area contributed by atoms with Crippen molar-refractivity contribution in [2.24, 2.45) is 5.18 Å². The number of hydrogen-bond acceptors (Lipinski definition) is 8. The van der Waals surface area contributed by atoms with Crippen molar-refractivity contribution in [3.05, 3.63) is 74.4 Å². The minimum absolute atomic E-state index is 0.150. The van der Waals surface area contributed by atoms with Gasteiger partial charge in [0.15, 0.2) is 5.01 Å². The maximum atomic E-state index is 11.1. The average Bonchev–Trinajstić information content (AvgIpc) is 3.19. The van der Waals surface area contributed by atoms with Crippen LogP contribution in [0.5, 0.6) is 5.75 Å². The molecule has 0 fully saturated rings. The highest BCUT2D eigenvalue weighted by Crippen LogP contribution is 2.30. The summed E-state index contributed by atoms with van der Waals surface area (Å²) in [4.78, 5) is 25.8. The number of nitrogens with zero attached hydrogens (tertiary/aromatic N) is 2. The predicted octanol–water partition coefficient (Wildman–Crippen LogP) is 4.64. The molecule has 7 nitrogen and oxygen atoms in total. The molecule has 0 saturated carbocycles. The Balaban J connectivity index is 1.64. The summed E-state index contributed by atoms with van der Waals surface area (Å²) in [6.07, 6.45) is 0. The Morgan fingerprint density at radius 3 is 2.76 bits per heavy atom. The van der Waals surface area contributed by atoms with Crippen molar-refractivity contribution in [1.29, 1.82) is 0 Å². The normalized spacial score (nSPS) is 9.97. The van der Waals surface area contributed by atoms with Gasteiger partial charge in [-0.05, 0) is 41.8 Å². The fourth-order valence-corrected chi connectivity index (χ4v) is 3.71. The topological polar surface area (TPSA) is 101 Å². The SMILES string of the molecule is COc1cc(C(=O)O)ccc1NSc1csc(C#Cc2ccc(CN=O)cc2)n1. The van der Waals surface area contributed by atoms with Gasteiger partial charge in [-0.3, -0.25) is 0 Å². The van der Waals surface area contributed by atoms with Gasteiger partial charge in [-0.15, -0.1) is 11.3 Å². The lowest BCUT2D eigenvalue weighted by atomic mass is 10.1. The number of hydrogen-bond donors (Lipinski definition) is 2. The van der Waals surface area contributed by atoms with Gasteiger partial charge in [0.2, 0.25) is 0 Å². The highest BCUT2D eigenvalue weighted by molar-refractivity contribution is 8.00. The molecule has 0 saturated heterocycles. The summed E-state index contributed by atoms with van der Waals surface area (Å²) < 4.78 is 8.35. The van der Waals surface area contributed by atoms with Crippen LogP contribution >= 0.6 is 23.3 Å². The lowest BCUT2D eigenvalue weighted by molar-refractivity contribution is 0.0696. The molecule has 0 aliphatic rings. The van der Waals surface area contributed by atoms with E-state index in [1.807, 2.05) is 29.6 Å². The number of nitroso groups, excluding NO2 is 1. The number of rotatable bonds is 7. The number of thiazole rings is 1. The number of aromatic carboxylic acids is 1. The lowest BCUT2D eigenvalue weighted by Gasteiger charge is -2.10. The fourth-order valence-electron chi connectivity index (χ4n) is 2.27. The molecule has 146 valence electrons. The zero-order valence-electron chi connectivity index (χ0n) is 15.2. The standard InChI is InChI=1S/C20H15N3O4S2/c1-27-17-10-15(20(24)25)7-8-16(17)23-29-19-12-28-18(22-19)9-6-13-2-4-14(5-3-13)11-21-26/h2-5,7-8,10,12,23H,11H2,1H3,(H,24,25). The van der Waals surface area contributed by atoms with Crippen LogP contribution in [0.4, 0.5) is 5.69 Å². The van der Waals surface area contributed by atoms with Crippen LogP contribution in [0, 0.1) is 16.7 Å². The molecule has 2 aromatic carbocycles. The predicted molar refractivity (Wildman–Crippen MR) is 113 cm³/mol. The van der Waals surface area contributed by atoms with E-state index in [2.05, 4.69) is 26.7 Å². The van der Waals surface area contributed by atoms with Crippen LogP contribution in [0.3, 0.4) is 0 Å². The third-order valence-electron chi connectivity index (χ3n) is 3.71. The number of nitrogens with one attached hydrogen (secondary N) is 1. The van der Waals surface area contributed by atoms with Crippen LogP contribution in [0.15, 0.2) is 58.0 Å². The summed E-state index contributed by atoms with van der Waals surface area (Å²) in [5, 5.41) is 15.2. The van der Waals surface area contributed by atoms with Gasteiger partial charge in [0.05, 0.1) is 18.4 Å². The van der Waals surface area contributed by atoms with Crippen molar-refractivity contribution in [2.75, 3.05) is 11.8 Å². The van der Waals surface area contributed by atoms with Crippen LogP contribution in [0.25, 0.3) is 0 Å². The van der Waals surface area contributed by atoms with E-state index in [4.69, 9.17) is 9.84 Å². The molecule has 0 aliphatic heterocycles. The monoisotopic (exact) mass is 425 g/mol. The molecule has 3 aromatic rings. The van der Waals surface area contributed by atoms with E-state index in [1.165, 1.54) is 42.5 Å². The van der Waals surface area contributed by atoms with E-state index in [1.54, 1.807) is 6.07 Å². The van der Waals surface area contributed by atoms with Gasteiger partial charge >= 0.3 is 5.97 Å². The number of carboxylic acids is 1. The van der Waals surface area contributed by atoms with Crippen molar-refractivity contribution >= 4 is 34.9 Å². The van der Waals surface area contributed by atoms with Gasteiger partial charge < -0.3 is 14.6 Å². The largest absolute Gasteiger partial charge is 0.495 e. The smallest absolute Gasteiger partial charge is 0.335 e. The van der Waals surface area contributed by atoms with E-state index in [0.29, 0.717) is 16.4 Å². The number of benzene rings is 2. The first kappa shape index (κ1) is 20.4. The zero-order valence-corrected chi connectivity index (χ0v) is 16.8. The van der Waals surface area contributed by atoms with Crippen LogP contribution in [-0.2, 0) is 6.54 Å². The van der Waals surface area contributed by atoms with Gasteiger partial charge in [-0.1, -0.05) is 23.2 Å². The number of aromatic nitrogens is 1. The Hall–Kier alpha value is -3.35. The molecule has 1 aromatic heterocycles. The van der Waals surface area contributed by atoms with Gasteiger partial charge in [0, 0.05) is 22.9 Å². The Kier molecular flexibility index (Phi) is 6.84. The first-order valence-corrected chi connectivity index (χ1v) is 9.98. The third kappa shape index (κ3) is 5.57. The maximum absolute atomic E-state index is 11.1.